The molecular weight excluding hydrogens is 408 g/mol. The molecule has 0 saturated heterocycles. The van der Waals surface area contributed by atoms with Crippen molar-refractivity contribution in [2.75, 3.05) is 54.6 Å². The molecule has 1 aromatic rings. The van der Waals surface area contributed by atoms with Crippen molar-refractivity contribution in [2.45, 2.75) is 26.6 Å². The summed E-state index contributed by atoms with van der Waals surface area (Å²) in [4.78, 5) is 20.4. The zero-order chi connectivity index (χ0) is 24.0. The van der Waals surface area contributed by atoms with Crippen LogP contribution >= 0.6 is 0 Å². The number of ether oxygens (including phenoxy) is 3. The van der Waals surface area contributed by atoms with E-state index in [0.29, 0.717) is 24.7 Å². The second-order valence-electron chi connectivity index (χ2n) is 8.00. The molecule has 178 valence electrons. The molecule has 0 aliphatic heterocycles. The molecule has 0 aromatic heterocycles. The summed E-state index contributed by atoms with van der Waals surface area (Å²) in [5.74, 6) is -2.28. The summed E-state index contributed by atoms with van der Waals surface area (Å²) in [5.41, 5.74) is 1.13. The number of carboxylic acid groups (broad SMARTS) is 2. The molecule has 1 rings (SSSR count). The molecule has 0 radical (unpaired) electrons. The summed E-state index contributed by atoms with van der Waals surface area (Å²) in [5, 5.41) is 28.1. The van der Waals surface area contributed by atoms with Crippen molar-refractivity contribution < 1.29 is 39.1 Å². The van der Waals surface area contributed by atoms with Gasteiger partial charge >= 0.3 is 11.9 Å². The topological polar surface area (TPSA) is 138 Å². The van der Waals surface area contributed by atoms with Crippen molar-refractivity contribution in [1.29, 1.82) is 0 Å². The van der Waals surface area contributed by atoms with Gasteiger partial charge in [0.2, 0.25) is 0 Å². The monoisotopic (exact) mass is 444 g/mol. The minimum atomic E-state index is -1.82. The Morgan fingerprint density at radius 1 is 1.10 bits per heavy atom. The number of hydrogen-bond donors (Lipinski definition) is 4. The fourth-order valence-corrected chi connectivity index (χ4v) is 2.83. The number of nitrogens with zero attached hydrogens (tertiary/aromatic N) is 1. The smallest absolute Gasteiger partial charge is 0.414 e. The van der Waals surface area contributed by atoms with Crippen LogP contribution in [0.2, 0.25) is 0 Å². The first-order chi connectivity index (χ1) is 14.4. The SMILES string of the molecule is COc1ccc(COCC(O)CNCC(C)(C)CN(C)C)cc1OC.O=C(O)C(=O)O. The minimum absolute atomic E-state index is 0.156. The Morgan fingerprint density at radius 3 is 2.16 bits per heavy atom. The molecule has 0 bridgehead atoms. The van der Waals surface area contributed by atoms with Crippen LogP contribution in [-0.4, -0.2) is 92.8 Å². The Kier molecular flexibility index (Phi) is 13.4. The van der Waals surface area contributed by atoms with Crippen LogP contribution in [-0.2, 0) is 20.9 Å². The highest BCUT2D eigenvalue weighted by Gasteiger charge is 2.18. The fourth-order valence-electron chi connectivity index (χ4n) is 2.83. The maximum Gasteiger partial charge on any atom is 0.414 e. The molecule has 0 amide bonds. The van der Waals surface area contributed by atoms with E-state index in [1.165, 1.54) is 0 Å². The van der Waals surface area contributed by atoms with Gasteiger partial charge in [0.25, 0.3) is 0 Å². The average Bonchev–Trinajstić information content (AvgIpc) is 2.67. The standard InChI is InChI=1S/C19H34N2O4.C2H2O4/c1-19(2,14-21(3)4)13-20-10-16(22)12-25-11-15-7-8-17(23-5)18(9-15)24-6;3-1(4)2(5)6/h7-9,16,20,22H,10-14H2,1-6H3;(H,3,4)(H,5,6). The maximum atomic E-state index is 10.0. The predicted octanol–water partition coefficient (Wildman–Crippen LogP) is 0.914. The van der Waals surface area contributed by atoms with Crippen LogP contribution in [0.1, 0.15) is 19.4 Å². The first kappa shape index (κ1) is 28.6. The van der Waals surface area contributed by atoms with Crippen LogP contribution in [0, 0.1) is 5.41 Å². The van der Waals surface area contributed by atoms with Gasteiger partial charge in [-0.3, -0.25) is 0 Å². The lowest BCUT2D eigenvalue weighted by molar-refractivity contribution is -0.159. The molecule has 0 heterocycles. The second kappa shape index (κ2) is 14.6. The lowest BCUT2D eigenvalue weighted by atomic mass is 9.93. The van der Waals surface area contributed by atoms with Crippen molar-refractivity contribution in [3.8, 4) is 11.5 Å². The zero-order valence-corrected chi connectivity index (χ0v) is 19.2. The maximum absolute atomic E-state index is 10.0. The Hall–Kier alpha value is -2.40. The summed E-state index contributed by atoms with van der Waals surface area (Å²) in [6, 6.07) is 5.66. The lowest BCUT2D eigenvalue weighted by Crippen LogP contribution is -2.40. The summed E-state index contributed by atoms with van der Waals surface area (Å²) >= 11 is 0. The highest BCUT2D eigenvalue weighted by Crippen LogP contribution is 2.27. The normalized spacial score (nSPS) is 12.0. The lowest BCUT2D eigenvalue weighted by Gasteiger charge is -2.29. The molecule has 0 aliphatic rings. The molecule has 10 nitrogen and oxygen atoms in total. The predicted molar refractivity (Wildman–Crippen MR) is 116 cm³/mol. The number of carboxylic acids is 2. The van der Waals surface area contributed by atoms with Crippen molar-refractivity contribution >= 4 is 11.9 Å². The number of carbonyl (C=O) groups is 2. The van der Waals surface area contributed by atoms with Gasteiger partial charge in [-0.25, -0.2) is 9.59 Å². The molecular formula is C21H36N2O8. The third-order valence-electron chi connectivity index (χ3n) is 3.94. The van der Waals surface area contributed by atoms with Crippen molar-refractivity contribution in [3.63, 3.8) is 0 Å². The van der Waals surface area contributed by atoms with Crippen LogP contribution in [0.5, 0.6) is 11.5 Å². The van der Waals surface area contributed by atoms with E-state index in [0.717, 1.165) is 18.7 Å². The molecule has 0 aliphatic carbocycles. The first-order valence-electron chi connectivity index (χ1n) is 9.70. The average molecular weight is 445 g/mol. The quantitative estimate of drug-likeness (QED) is 0.344. The molecule has 10 heteroatoms. The van der Waals surface area contributed by atoms with Crippen LogP contribution in [0.3, 0.4) is 0 Å². The van der Waals surface area contributed by atoms with Crippen molar-refractivity contribution in [2.24, 2.45) is 5.41 Å². The summed E-state index contributed by atoms with van der Waals surface area (Å²) in [7, 11) is 7.35. The number of aliphatic hydroxyl groups is 1. The number of aliphatic carboxylic acids is 2. The van der Waals surface area contributed by atoms with E-state index in [1.54, 1.807) is 14.2 Å². The van der Waals surface area contributed by atoms with Gasteiger partial charge in [-0.1, -0.05) is 19.9 Å². The van der Waals surface area contributed by atoms with E-state index >= 15 is 0 Å². The van der Waals surface area contributed by atoms with E-state index in [4.69, 9.17) is 34.0 Å². The molecule has 0 saturated carbocycles. The number of aliphatic hydroxyl groups excluding tert-OH is 1. The van der Waals surface area contributed by atoms with E-state index in [2.05, 4.69) is 38.2 Å². The molecule has 1 unspecified atom stereocenters. The van der Waals surface area contributed by atoms with E-state index in [9.17, 15) is 5.11 Å². The van der Waals surface area contributed by atoms with Gasteiger partial charge in [-0.05, 0) is 37.2 Å². The molecule has 1 aromatic carbocycles. The largest absolute Gasteiger partial charge is 0.493 e. The van der Waals surface area contributed by atoms with Crippen LogP contribution in [0.15, 0.2) is 18.2 Å². The molecule has 0 fully saturated rings. The molecule has 31 heavy (non-hydrogen) atoms. The Balaban J connectivity index is 0.00000131. The molecule has 4 N–H and O–H groups in total. The van der Waals surface area contributed by atoms with Gasteiger partial charge in [-0.15, -0.1) is 0 Å². The minimum Gasteiger partial charge on any atom is -0.493 e. The third kappa shape index (κ3) is 13.5. The summed E-state index contributed by atoms with van der Waals surface area (Å²) < 4.78 is 16.1. The summed E-state index contributed by atoms with van der Waals surface area (Å²) in [6.07, 6.45) is -0.532. The van der Waals surface area contributed by atoms with Crippen molar-refractivity contribution in [3.05, 3.63) is 23.8 Å². The van der Waals surface area contributed by atoms with Gasteiger partial charge in [0, 0.05) is 19.6 Å². The zero-order valence-electron chi connectivity index (χ0n) is 19.2. The number of benzene rings is 1. The Morgan fingerprint density at radius 2 is 1.68 bits per heavy atom. The highest BCUT2D eigenvalue weighted by molar-refractivity contribution is 6.27. The van der Waals surface area contributed by atoms with Gasteiger partial charge in [0.05, 0.1) is 33.5 Å². The first-order valence-corrected chi connectivity index (χ1v) is 9.70. The Bertz CT molecular complexity index is 667. The number of hydrogen-bond acceptors (Lipinski definition) is 8. The second-order valence-corrected chi connectivity index (χ2v) is 8.00. The van der Waals surface area contributed by atoms with Crippen molar-refractivity contribution in [1.82, 2.24) is 10.2 Å². The number of rotatable bonds is 12. The molecule has 0 spiro atoms. The summed E-state index contributed by atoms with van der Waals surface area (Å²) in [6.45, 7) is 7.48. The number of methoxy groups -OCH3 is 2. The van der Waals surface area contributed by atoms with Crippen LogP contribution in [0.4, 0.5) is 0 Å². The van der Waals surface area contributed by atoms with E-state index in [1.807, 2.05) is 18.2 Å². The molecule has 1 atom stereocenters. The number of nitrogens with one attached hydrogen (secondary N) is 1. The van der Waals surface area contributed by atoms with E-state index < -0.39 is 18.0 Å². The highest BCUT2D eigenvalue weighted by atomic mass is 16.5. The van der Waals surface area contributed by atoms with Gasteiger partial charge in [0.1, 0.15) is 0 Å². The Labute approximate surface area is 183 Å². The van der Waals surface area contributed by atoms with Crippen LogP contribution < -0.4 is 14.8 Å². The van der Waals surface area contributed by atoms with E-state index in [-0.39, 0.29) is 12.0 Å². The fraction of sp³-hybridized carbons (Fsp3) is 0.619. The third-order valence-corrected chi connectivity index (χ3v) is 3.94. The van der Waals surface area contributed by atoms with Gasteiger partial charge in [-0.2, -0.15) is 0 Å². The van der Waals surface area contributed by atoms with Crippen LogP contribution in [0.25, 0.3) is 0 Å². The van der Waals surface area contributed by atoms with Gasteiger partial charge < -0.3 is 39.7 Å². The van der Waals surface area contributed by atoms with Gasteiger partial charge in [0.15, 0.2) is 11.5 Å².